The van der Waals surface area contributed by atoms with Gasteiger partial charge in [-0.2, -0.15) is 12.8 Å². The molecule has 0 saturated carbocycles. The van der Waals surface area contributed by atoms with Gasteiger partial charge in [-0.3, -0.25) is 0 Å². The number of alkyl halides is 3. The molecule has 0 fully saturated rings. The van der Waals surface area contributed by atoms with Crippen LogP contribution in [0.3, 0.4) is 0 Å². The van der Waals surface area contributed by atoms with Gasteiger partial charge in [-0.1, -0.05) is 35.9 Å². The summed E-state index contributed by atoms with van der Waals surface area (Å²) in [6.07, 6.45) is -3.69. The van der Waals surface area contributed by atoms with Crippen LogP contribution in [0.5, 0.6) is 5.75 Å². The molecule has 2 aromatic rings. The first-order valence-corrected chi connectivity index (χ1v) is 9.09. The SMILES string of the molecule is Cc1ccc(/C([O-])=N/S(=O)(=O)/C=C/c2ccc(OC(F)(F)F)cc2)c(C)c1.[Na+]. The maximum Gasteiger partial charge on any atom is 1.00 e. The van der Waals surface area contributed by atoms with Crippen LogP contribution < -0.4 is 39.4 Å². The van der Waals surface area contributed by atoms with E-state index < -0.39 is 28.0 Å². The van der Waals surface area contributed by atoms with Crippen molar-refractivity contribution < 1.29 is 61.0 Å². The average Bonchev–Trinajstić information content (AvgIpc) is 2.52. The quantitative estimate of drug-likeness (QED) is 0.396. The molecule has 0 N–H and O–H groups in total. The molecule has 28 heavy (non-hydrogen) atoms. The summed E-state index contributed by atoms with van der Waals surface area (Å²) in [5, 5.41) is 12.8. The minimum atomic E-state index is -4.81. The van der Waals surface area contributed by atoms with Gasteiger partial charge in [-0.05, 0) is 48.7 Å². The van der Waals surface area contributed by atoms with Crippen LogP contribution >= 0.6 is 0 Å². The molecule has 0 aliphatic heterocycles. The fourth-order valence-corrected chi connectivity index (χ4v) is 2.91. The first-order chi connectivity index (χ1) is 12.5. The van der Waals surface area contributed by atoms with E-state index in [1.807, 2.05) is 6.92 Å². The van der Waals surface area contributed by atoms with Crippen LogP contribution in [0.25, 0.3) is 6.08 Å². The largest absolute Gasteiger partial charge is 1.00 e. The van der Waals surface area contributed by atoms with Crippen LogP contribution in [-0.4, -0.2) is 20.7 Å². The van der Waals surface area contributed by atoms with E-state index in [4.69, 9.17) is 0 Å². The fourth-order valence-electron chi connectivity index (χ4n) is 2.19. The molecule has 0 bridgehead atoms. The Morgan fingerprint density at radius 1 is 1.11 bits per heavy atom. The zero-order valence-corrected chi connectivity index (χ0v) is 18.1. The van der Waals surface area contributed by atoms with Gasteiger partial charge in [0, 0.05) is 5.90 Å². The van der Waals surface area contributed by atoms with Crippen LogP contribution in [0.2, 0.25) is 0 Å². The normalized spacial score (nSPS) is 12.7. The monoisotopic (exact) mass is 421 g/mol. The van der Waals surface area contributed by atoms with E-state index in [9.17, 15) is 26.7 Å². The first kappa shape index (κ1) is 24.2. The van der Waals surface area contributed by atoms with Crippen LogP contribution in [-0.2, 0) is 10.0 Å². The number of halogens is 3. The molecule has 0 atom stereocenters. The van der Waals surface area contributed by atoms with Gasteiger partial charge in [0.15, 0.2) is 0 Å². The van der Waals surface area contributed by atoms with Gasteiger partial charge < -0.3 is 9.84 Å². The van der Waals surface area contributed by atoms with Crippen molar-refractivity contribution in [3.05, 3.63) is 70.1 Å². The van der Waals surface area contributed by atoms with E-state index in [-0.39, 0.29) is 35.1 Å². The zero-order chi connectivity index (χ0) is 20.2. The molecule has 0 aliphatic rings. The summed E-state index contributed by atoms with van der Waals surface area (Å²) in [6, 6.07) is 9.45. The third-order valence-electron chi connectivity index (χ3n) is 3.37. The van der Waals surface area contributed by atoms with Gasteiger partial charge in [0.25, 0.3) is 10.0 Å². The standard InChI is InChI=1S/C18H16F3NO4S.Na/c1-12-3-8-16(13(2)11-12)17(23)22-27(24,25)10-9-14-4-6-15(7-5-14)26-18(19,20)21;/h3-11H,1-2H3,(H,22,23);/q;+1/p-1/b10-9+;. The number of hydrogen-bond donors (Lipinski definition) is 0. The Kier molecular flexibility index (Phi) is 8.30. The Balaban J connectivity index is 0.00000392. The maximum atomic E-state index is 12.1. The molecule has 5 nitrogen and oxygen atoms in total. The zero-order valence-electron chi connectivity index (χ0n) is 15.3. The Hall–Kier alpha value is -1.81. The topological polar surface area (TPSA) is 78.8 Å². The molecule has 0 heterocycles. The van der Waals surface area contributed by atoms with Crippen LogP contribution in [0.1, 0.15) is 22.3 Å². The van der Waals surface area contributed by atoms with E-state index >= 15 is 0 Å². The number of ether oxygens (including phenoxy) is 1. The molecule has 0 spiro atoms. The van der Waals surface area contributed by atoms with Crippen molar-refractivity contribution >= 4 is 22.0 Å². The second kappa shape index (κ2) is 9.60. The third-order valence-corrected chi connectivity index (χ3v) is 4.27. The number of sulfonamides is 1. The number of benzene rings is 2. The molecule has 0 amide bonds. The van der Waals surface area contributed by atoms with Gasteiger partial charge in [0.2, 0.25) is 0 Å². The average molecular weight is 421 g/mol. The van der Waals surface area contributed by atoms with E-state index in [1.54, 1.807) is 19.1 Å². The molecule has 2 aromatic carbocycles. The maximum absolute atomic E-state index is 12.1. The summed E-state index contributed by atoms with van der Waals surface area (Å²) in [5.41, 5.74) is 1.99. The second-order valence-corrected chi connectivity index (χ2v) is 7.13. The Morgan fingerprint density at radius 2 is 1.71 bits per heavy atom. The number of rotatable bonds is 5. The predicted molar refractivity (Wildman–Crippen MR) is 93.5 cm³/mol. The Bertz CT molecular complexity index is 985. The second-order valence-electron chi connectivity index (χ2n) is 5.65. The van der Waals surface area contributed by atoms with Gasteiger partial charge in [0.05, 0.1) is 5.41 Å². The van der Waals surface area contributed by atoms with Gasteiger partial charge in [-0.25, -0.2) is 0 Å². The van der Waals surface area contributed by atoms with Crippen molar-refractivity contribution in [1.82, 2.24) is 0 Å². The number of nitrogens with zero attached hydrogens (tertiary/aromatic N) is 1. The summed E-state index contributed by atoms with van der Waals surface area (Å²) < 4.78 is 67.2. The summed E-state index contributed by atoms with van der Waals surface area (Å²) in [6.45, 7) is 3.51. The van der Waals surface area contributed by atoms with Gasteiger partial charge in [-0.15, -0.1) is 13.2 Å². The summed E-state index contributed by atoms with van der Waals surface area (Å²) in [7, 11) is -4.21. The van der Waals surface area contributed by atoms with Crippen LogP contribution in [0.15, 0.2) is 52.3 Å². The van der Waals surface area contributed by atoms with Crippen LogP contribution in [0, 0.1) is 13.8 Å². The van der Waals surface area contributed by atoms with E-state index in [0.29, 0.717) is 16.5 Å². The molecule has 0 saturated heterocycles. The van der Waals surface area contributed by atoms with Crippen molar-refractivity contribution in [1.29, 1.82) is 0 Å². The smallest absolute Gasteiger partial charge is 0.858 e. The molecule has 0 aromatic heterocycles. The molecular formula is C18H15F3NNaO4S. The molecule has 144 valence electrons. The minimum Gasteiger partial charge on any atom is -0.858 e. The van der Waals surface area contributed by atoms with Gasteiger partial charge >= 0.3 is 35.9 Å². The van der Waals surface area contributed by atoms with Gasteiger partial charge in [0.1, 0.15) is 5.75 Å². The van der Waals surface area contributed by atoms with Crippen molar-refractivity contribution in [2.75, 3.05) is 0 Å². The van der Waals surface area contributed by atoms with Crippen molar-refractivity contribution in [2.24, 2.45) is 4.40 Å². The van der Waals surface area contributed by atoms with Crippen molar-refractivity contribution in [2.45, 2.75) is 20.2 Å². The van der Waals surface area contributed by atoms with E-state index in [0.717, 1.165) is 23.8 Å². The summed E-state index contributed by atoms with van der Waals surface area (Å²) in [5.74, 6) is -1.33. The molecule has 0 unspecified atom stereocenters. The molecule has 2 rings (SSSR count). The Labute approximate surface area is 182 Å². The number of hydrogen-bond acceptors (Lipinski definition) is 4. The molecule has 0 aliphatic carbocycles. The third kappa shape index (κ3) is 7.67. The van der Waals surface area contributed by atoms with Crippen LogP contribution in [0.4, 0.5) is 13.2 Å². The number of aryl methyl sites for hydroxylation is 2. The van der Waals surface area contributed by atoms with E-state index in [2.05, 4.69) is 9.13 Å². The molecular weight excluding hydrogens is 406 g/mol. The summed E-state index contributed by atoms with van der Waals surface area (Å²) >= 11 is 0. The molecule has 0 radical (unpaired) electrons. The fraction of sp³-hybridized carbons (Fsp3) is 0.167. The Morgan fingerprint density at radius 3 is 2.25 bits per heavy atom. The first-order valence-electron chi connectivity index (χ1n) is 7.59. The predicted octanol–water partition coefficient (Wildman–Crippen LogP) is 0.314. The summed E-state index contributed by atoms with van der Waals surface area (Å²) in [4.78, 5) is 0. The molecule has 10 heteroatoms. The van der Waals surface area contributed by atoms with Crippen molar-refractivity contribution in [3.8, 4) is 5.75 Å². The van der Waals surface area contributed by atoms with Crippen molar-refractivity contribution in [3.63, 3.8) is 0 Å². The van der Waals surface area contributed by atoms with E-state index in [1.165, 1.54) is 18.2 Å². The minimum absolute atomic E-state index is 0.